The predicted octanol–water partition coefficient (Wildman–Crippen LogP) is 4.16. The van der Waals surface area contributed by atoms with E-state index in [0.29, 0.717) is 0 Å². The maximum absolute atomic E-state index is 5.93. The summed E-state index contributed by atoms with van der Waals surface area (Å²) in [6, 6.07) is 10.7. The Morgan fingerprint density at radius 1 is 1.18 bits per heavy atom. The van der Waals surface area contributed by atoms with Gasteiger partial charge in [-0.05, 0) is 37.8 Å². The van der Waals surface area contributed by atoms with Crippen LogP contribution < -0.4 is 5.73 Å². The molecule has 0 aromatic heterocycles. The number of nitrogens with two attached hydrogens (primary N) is 1. The first-order chi connectivity index (χ1) is 8.13. The molecule has 1 unspecified atom stereocenters. The molecular formula is C16H23N. The van der Waals surface area contributed by atoms with Crippen molar-refractivity contribution < 1.29 is 0 Å². The second kappa shape index (κ2) is 7.08. The van der Waals surface area contributed by atoms with E-state index in [9.17, 15) is 0 Å². The van der Waals surface area contributed by atoms with Crippen molar-refractivity contribution in [3.63, 3.8) is 0 Å². The fourth-order valence-corrected chi connectivity index (χ4v) is 1.69. The first kappa shape index (κ1) is 13.7. The Morgan fingerprint density at radius 2 is 1.82 bits per heavy atom. The first-order valence-corrected chi connectivity index (χ1v) is 6.28. The molecule has 0 aliphatic carbocycles. The van der Waals surface area contributed by atoms with E-state index in [4.69, 9.17) is 5.73 Å². The number of hydrogen-bond acceptors (Lipinski definition) is 1. The lowest BCUT2D eigenvalue weighted by Crippen LogP contribution is -2.18. The molecule has 0 fully saturated rings. The Labute approximate surface area is 105 Å². The summed E-state index contributed by atoms with van der Waals surface area (Å²) >= 11 is 0. The number of benzene rings is 1. The Kier molecular flexibility index (Phi) is 5.71. The molecule has 0 spiro atoms. The van der Waals surface area contributed by atoms with Crippen LogP contribution in [0.4, 0.5) is 0 Å². The quantitative estimate of drug-likeness (QED) is 0.754. The van der Waals surface area contributed by atoms with Crippen LogP contribution in [0.2, 0.25) is 0 Å². The summed E-state index contributed by atoms with van der Waals surface area (Å²) in [6.07, 6.45) is 6.37. The molecule has 92 valence electrons. The van der Waals surface area contributed by atoms with Crippen LogP contribution in [0.25, 0.3) is 5.57 Å². The van der Waals surface area contributed by atoms with Gasteiger partial charge in [-0.1, -0.05) is 55.0 Å². The van der Waals surface area contributed by atoms with Gasteiger partial charge in [-0.2, -0.15) is 0 Å². The summed E-state index contributed by atoms with van der Waals surface area (Å²) in [4.78, 5) is 0. The van der Waals surface area contributed by atoms with Gasteiger partial charge in [0.25, 0.3) is 0 Å². The van der Waals surface area contributed by atoms with Gasteiger partial charge in [-0.3, -0.25) is 0 Å². The van der Waals surface area contributed by atoms with Crippen molar-refractivity contribution in [2.24, 2.45) is 5.73 Å². The molecule has 1 aromatic rings. The molecule has 0 aliphatic heterocycles. The molecular weight excluding hydrogens is 206 g/mol. The van der Waals surface area contributed by atoms with Crippen molar-refractivity contribution in [3.05, 3.63) is 53.6 Å². The van der Waals surface area contributed by atoms with Crippen LogP contribution in [0.15, 0.2) is 48.1 Å². The lowest BCUT2D eigenvalue weighted by Gasteiger charge is -2.08. The lowest BCUT2D eigenvalue weighted by molar-refractivity contribution is 0.642. The van der Waals surface area contributed by atoms with Gasteiger partial charge in [0, 0.05) is 6.04 Å². The fourth-order valence-electron chi connectivity index (χ4n) is 1.69. The molecule has 0 saturated carbocycles. The Bertz CT molecular complexity index is 387. The summed E-state index contributed by atoms with van der Waals surface area (Å²) in [5.41, 5.74) is 9.83. The average molecular weight is 229 g/mol. The van der Waals surface area contributed by atoms with E-state index in [1.165, 1.54) is 16.7 Å². The fraction of sp³-hybridized carbons (Fsp3) is 0.375. The zero-order valence-electron chi connectivity index (χ0n) is 11.1. The molecule has 1 atom stereocenters. The molecule has 1 heteroatoms. The summed E-state index contributed by atoms with van der Waals surface area (Å²) in [6.45, 7) is 6.41. The summed E-state index contributed by atoms with van der Waals surface area (Å²) in [5.74, 6) is 0. The van der Waals surface area contributed by atoms with Crippen LogP contribution in [0, 0.1) is 0 Å². The van der Waals surface area contributed by atoms with Crippen LogP contribution in [-0.4, -0.2) is 6.04 Å². The van der Waals surface area contributed by atoms with E-state index in [1.54, 1.807) is 0 Å². The highest BCUT2D eigenvalue weighted by Crippen LogP contribution is 2.14. The maximum Gasteiger partial charge on any atom is 0.00734 e. The van der Waals surface area contributed by atoms with Crippen LogP contribution in [-0.2, 0) is 0 Å². The normalized spacial score (nSPS) is 14.8. The second-order valence-corrected chi connectivity index (χ2v) is 4.60. The largest absolute Gasteiger partial charge is 0.327 e. The predicted molar refractivity (Wildman–Crippen MR) is 76.7 cm³/mol. The molecule has 17 heavy (non-hydrogen) atoms. The summed E-state index contributed by atoms with van der Waals surface area (Å²) < 4.78 is 0. The van der Waals surface area contributed by atoms with Gasteiger partial charge in [0.15, 0.2) is 0 Å². The minimum Gasteiger partial charge on any atom is -0.327 e. The highest BCUT2D eigenvalue weighted by molar-refractivity contribution is 5.65. The highest BCUT2D eigenvalue weighted by Gasteiger charge is 1.99. The third-order valence-electron chi connectivity index (χ3n) is 2.96. The van der Waals surface area contributed by atoms with E-state index in [-0.39, 0.29) is 6.04 Å². The third kappa shape index (κ3) is 5.01. The standard InChI is InChI=1S/C16H23N/c1-4-16(17)12-13(2)10-11-14(3)15-8-6-5-7-9-15/h5-11,16H,4,12,17H2,1-3H3/b13-10+,14-11+. The van der Waals surface area contributed by atoms with E-state index < -0.39 is 0 Å². The van der Waals surface area contributed by atoms with Gasteiger partial charge in [0.1, 0.15) is 0 Å². The molecule has 0 saturated heterocycles. The molecule has 0 radical (unpaired) electrons. The molecule has 1 rings (SSSR count). The summed E-state index contributed by atoms with van der Waals surface area (Å²) in [5, 5.41) is 0. The second-order valence-electron chi connectivity index (χ2n) is 4.60. The minimum absolute atomic E-state index is 0.289. The van der Waals surface area contributed by atoms with Crippen molar-refractivity contribution in [2.45, 2.75) is 39.7 Å². The molecule has 0 amide bonds. The first-order valence-electron chi connectivity index (χ1n) is 6.28. The lowest BCUT2D eigenvalue weighted by atomic mass is 10.0. The van der Waals surface area contributed by atoms with Gasteiger partial charge >= 0.3 is 0 Å². The smallest absolute Gasteiger partial charge is 0.00734 e. The van der Waals surface area contributed by atoms with E-state index >= 15 is 0 Å². The van der Waals surface area contributed by atoms with Crippen molar-refractivity contribution in [1.82, 2.24) is 0 Å². The molecule has 0 heterocycles. The Morgan fingerprint density at radius 3 is 2.41 bits per heavy atom. The summed E-state index contributed by atoms with van der Waals surface area (Å²) in [7, 11) is 0. The van der Waals surface area contributed by atoms with Crippen molar-refractivity contribution in [2.75, 3.05) is 0 Å². The van der Waals surface area contributed by atoms with E-state index in [1.807, 2.05) is 6.07 Å². The maximum atomic E-state index is 5.93. The topological polar surface area (TPSA) is 26.0 Å². The van der Waals surface area contributed by atoms with Crippen LogP contribution in [0.1, 0.15) is 39.2 Å². The molecule has 1 aromatic carbocycles. The van der Waals surface area contributed by atoms with E-state index in [2.05, 4.69) is 57.2 Å². The van der Waals surface area contributed by atoms with Gasteiger partial charge in [0.2, 0.25) is 0 Å². The van der Waals surface area contributed by atoms with Crippen LogP contribution in [0.3, 0.4) is 0 Å². The third-order valence-corrected chi connectivity index (χ3v) is 2.96. The van der Waals surface area contributed by atoms with Gasteiger partial charge in [-0.25, -0.2) is 0 Å². The van der Waals surface area contributed by atoms with Crippen LogP contribution >= 0.6 is 0 Å². The Balaban J connectivity index is 2.67. The average Bonchev–Trinajstić information content (AvgIpc) is 2.36. The number of rotatable bonds is 5. The van der Waals surface area contributed by atoms with Gasteiger partial charge < -0.3 is 5.73 Å². The molecule has 0 bridgehead atoms. The van der Waals surface area contributed by atoms with Gasteiger partial charge in [0.05, 0.1) is 0 Å². The molecule has 2 N–H and O–H groups in total. The minimum atomic E-state index is 0.289. The van der Waals surface area contributed by atoms with Crippen molar-refractivity contribution in [1.29, 1.82) is 0 Å². The number of hydrogen-bond donors (Lipinski definition) is 1. The monoisotopic (exact) mass is 229 g/mol. The van der Waals surface area contributed by atoms with E-state index in [0.717, 1.165) is 12.8 Å². The SMILES string of the molecule is CCC(N)C/C(C)=C/C=C(\C)c1ccccc1. The molecule has 1 nitrogen and oxygen atoms in total. The van der Waals surface area contributed by atoms with Crippen LogP contribution in [0.5, 0.6) is 0 Å². The Hall–Kier alpha value is -1.34. The van der Waals surface area contributed by atoms with Gasteiger partial charge in [-0.15, -0.1) is 0 Å². The zero-order valence-corrected chi connectivity index (χ0v) is 11.1. The van der Waals surface area contributed by atoms with Crippen molar-refractivity contribution in [3.8, 4) is 0 Å². The van der Waals surface area contributed by atoms with Crippen molar-refractivity contribution >= 4 is 5.57 Å². The highest BCUT2D eigenvalue weighted by atomic mass is 14.6. The number of allylic oxidation sites excluding steroid dienone is 3. The molecule has 0 aliphatic rings. The zero-order chi connectivity index (χ0) is 12.7.